The molecule has 4 aromatic carbocycles. The Morgan fingerprint density at radius 2 is 1.08 bits per heavy atom. The van der Waals surface area contributed by atoms with Crippen molar-refractivity contribution in [2.75, 3.05) is 10.6 Å². The summed E-state index contributed by atoms with van der Waals surface area (Å²) in [6, 6.07) is 29.7. The molecular formula is C39H37N5O9. The molecule has 0 bridgehead atoms. The minimum absolute atomic E-state index is 0.0182. The number of nitrogens with zero attached hydrogens (tertiary/aromatic N) is 1. The molecule has 0 unspecified atom stereocenters. The highest BCUT2D eigenvalue weighted by Gasteiger charge is 2.21. The molecule has 0 aliphatic heterocycles. The van der Waals surface area contributed by atoms with Gasteiger partial charge < -0.3 is 40.3 Å². The summed E-state index contributed by atoms with van der Waals surface area (Å²) in [4.78, 5) is 65.8. The zero-order valence-electron chi connectivity index (χ0n) is 28.8. The number of oxazole rings is 1. The van der Waals surface area contributed by atoms with Gasteiger partial charge in [0, 0.05) is 22.5 Å². The predicted octanol–water partition coefficient (Wildman–Crippen LogP) is 6.14. The van der Waals surface area contributed by atoms with Crippen molar-refractivity contribution in [1.82, 2.24) is 15.6 Å². The highest BCUT2D eigenvalue weighted by molar-refractivity contribution is 5.97. The third-order valence-electron chi connectivity index (χ3n) is 7.70. The van der Waals surface area contributed by atoms with Crippen LogP contribution in [0.25, 0.3) is 22.6 Å². The number of alkyl carbamates (subject to hydrolysis) is 2. The average Bonchev–Trinajstić information content (AvgIpc) is 3.57. The molecule has 0 saturated carbocycles. The third kappa shape index (κ3) is 11.0. The van der Waals surface area contributed by atoms with E-state index in [1.807, 2.05) is 60.7 Å². The van der Waals surface area contributed by atoms with Gasteiger partial charge in [-0.2, -0.15) is 0 Å². The normalized spacial score (nSPS) is 11.7. The molecule has 0 fully saturated rings. The van der Waals surface area contributed by atoms with Crippen LogP contribution < -0.4 is 21.3 Å². The van der Waals surface area contributed by atoms with Crippen LogP contribution in [0.15, 0.2) is 114 Å². The first-order valence-corrected chi connectivity index (χ1v) is 16.5. The van der Waals surface area contributed by atoms with Gasteiger partial charge in [-0.1, -0.05) is 72.8 Å². The van der Waals surface area contributed by atoms with E-state index in [1.165, 1.54) is 13.8 Å². The molecule has 0 aliphatic carbocycles. The second-order valence-electron chi connectivity index (χ2n) is 11.8. The van der Waals surface area contributed by atoms with Crippen molar-refractivity contribution >= 4 is 41.3 Å². The van der Waals surface area contributed by atoms with Gasteiger partial charge in [-0.05, 0) is 61.4 Å². The fourth-order valence-electron chi connectivity index (χ4n) is 4.89. The minimum Gasteiger partial charge on any atom is -0.481 e. The Hall–Kier alpha value is -6.96. The molecule has 1 aromatic heterocycles. The van der Waals surface area contributed by atoms with Crippen molar-refractivity contribution in [3.05, 3.63) is 126 Å². The number of hydrogen-bond donors (Lipinski definition) is 5. The summed E-state index contributed by atoms with van der Waals surface area (Å²) in [5.74, 6) is -1.80. The summed E-state index contributed by atoms with van der Waals surface area (Å²) in [6.07, 6.45) is -1.92. The molecule has 5 rings (SSSR count). The van der Waals surface area contributed by atoms with E-state index >= 15 is 0 Å². The van der Waals surface area contributed by atoms with Gasteiger partial charge >= 0.3 is 18.2 Å². The van der Waals surface area contributed by atoms with E-state index in [9.17, 15) is 29.1 Å². The number of nitrogens with one attached hydrogen (secondary N) is 4. The van der Waals surface area contributed by atoms with Gasteiger partial charge in [0.2, 0.25) is 17.7 Å². The van der Waals surface area contributed by atoms with Gasteiger partial charge in [0.25, 0.3) is 0 Å². The number of ether oxygens (including phenoxy) is 2. The fraction of sp³-hybridized carbons (Fsp3) is 0.179. The fourth-order valence-corrected chi connectivity index (χ4v) is 4.89. The Balaban J connectivity index is 1.19. The molecule has 0 saturated heterocycles. The van der Waals surface area contributed by atoms with Crippen LogP contribution in [0.1, 0.15) is 30.9 Å². The van der Waals surface area contributed by atoms with Crippen LogP contribution in [-0.4, -0.2) is 52.1 Å². The highest BCUT2D eigenvalue weighted by atomic mass is 16.6. The van der Waals surface area contributed by atoms with Crippen molar-refractivity contribution < 1.29 is 43.0 Å². The smallest absolute Gasteiger partial charge is 0.408 e. The van der Waals surface area contributed by atoms with Crippen molar-refractivity contribution in [1.29, 1.82) is 0 Å². The predicted molar refractivity (Wildman–Crippen MR) is 194 cm³/mol. The molecule has 272 valence electrons. The number of carbonyl (C=O) groups excluding carboxylic acids is 4. The average molecular weight is 720 g/mol. The number of anilines is 2. The second kappa shape index (κ2) is 17.8. The number of carboxylic acid groups (broad SMARTS) is 1. The maximum atomic E-state index is 12.8. The van der Waals surface area contributed by atoms with E-state index in [0.717, 1.165) is 11.1 Å². The van der Waals surface area contributed by atoms with Crippen molar-refractivity contribution in [3.8, 4) is 22.6 Å². The number of carboxylic acids is 1. The lowest BCUT2D eigenvalue weighted by Gasteiger charge is -2.15. The van der Waals surface area contributed by atoms with E-state index in [2.05, 4.69) is 26.3 Å². The van der Waals surface area contributed by atoms with Gasteiger partial charge in [0.1, 0.15) is 37.4 Å². The topological polar surface area (TPSA) is 198 Å². The zero-order valence-corrected chi connectivity index (χ0v) is 28.8. The Labute approximate surface area is 304 Å². The summed E-state index contributed by atoms with van der Waals surface area (Å²) in [6.45, 7) is 3.18. The molecule has 4 amide bonds. The molecule has 0 spiro atoms. The van der Waals surface area contributed by atoms with E-state index in [1.54, 1.807) is 48.5 Å². The summed E-state index contributed by atoms with van der Waals surface area (Å²) in [5, 5.41) is 19.8. The molecule has 53 heavy (non-hydrogen) atoms. The maximum Gasteiger partial charge on any atom is 0.408 e. The lowest BCUT2D eigenvalue weighted by molar-refractivity contribution is -0.136. The first-order chi connectivity index (χ1) is 25.5. The Kier molecular flexibility index (Phi) is 12.5. The number of amides is 4. The zero-order chi connectivity index (χ0) is 37.7. The number of aromatic nitrogens is 1. The van der Waals surface area contributed by atoms with Gasteiger partial charge in [-0.15, -0.1) is 0 Å². The number of carbonyl (C=O) groups is 5. The van der Waals surface area contributed by atoms with Gasteiger partial charge in [0.05, 0.1) is 0 Å². The van der Waals surface area contributed by atoms with Crippen molar-refractivity contribution in [2.24, 2.45) is 0 Å². The standard InChI is InChI=1S/C39H37N5O9/c1-24(40-38(49)51-22-26-9-5-3-6-10-26)36(47)42-30-17-13-28(14-18-30)34-35(53-32(44-34)21-33(45)46)29-15-19-31(20-16-29)43-37(48)25(2)41-39(50)52-23-27-11-7-4-8-12-27/h3-20,24-25H,21-23H2,1-2H3,(H,40,49)(H,41,50)(H,42,47)(H,43,48)(H,45,46)/t24-,25-/m0/s1. The van der Waals surface area contributed by atoms with Gasteiger partial charge in [0.15, 0.2) is 5.76 Å². The van der Waals surface area contributed by atoms with E-state index < -0.39 is 48.5 Å². The molecule has 5 aromatic rings. The molecule has 2 atom stereocenters. The van der Waals surface area contributed by atoms with Crippen LogP contribution in [0, 0.1) is 0 Å². The van der Waals surface area contributed by atoms with Crippen LogP contribution >= 0.6 is 0 Å². The monoisotopic (exact) mass is 719 g/mol. The summed E-state index contributed by atoms with van der Waals surface area (Å²) >= 11 is 0. The highest BCUT2D eigenvalue weighted by Crippen LogP contribution is 2.34. The van der Waals surface area contributed by atoms with Gasteiger partial charge in [-0.25, -0.2) is 14.6 Å². The summed E-state index contributed by atoms with van der Waals surface area (Å²) < 4.78 is 16.2. The molecule has 14 nitrogen and oxygen atoms in total. The van der Waals surface area contributed by atoms with Crippen LogP contribution in [0.2, 0.25) is 0 Å². The molecular weight excluding hydrogens is 682 g/mol. The maximum absolute atomic E-state index is 12.8. The number of rotatable bonds is 14. The van der Waals surface area contributed by atoms with E-state index in [0.29, 0.717) is 34.0 Å². The van der Waals surface area contributed by atoms with Crippen LogP contribution in [0.5, 0.6) is 0 Å². The summed E-state index contributed by atoms with van der Waals surface area (Å²) in [7, 11) is 0. The quantitative estimate of drug-likeness (QED) is 0.0888. The molecule has 1 heterocycles. The lowest BCUT2D eigenvalue weighted by Crippen LogP contribution is -2.41. The lowest BCUT2D eigenvalue weighted by atomic mass is 10.0. The Bertz CT molecular complexity index is 1900. The Morgan fingerprint density at radius 3 is 1.51 bits per heavy atom. The minimum atomic E-state index is -1.13. The number of benzene rings is 4. The number of aliphatic carboxylic acids is 1. The molecule has 5 N–H and O–H groups in total. The van der Waals surface area contributed by atoms with Crippen molar-refractivity contribution in [3.63, 3.8) is 0 Å². The molecule has 0 radical (unpaired) electrons. The van der Waals surface area contributed by atoms with Crippen LogP contribution in [-0.2, 0) is 43.5 Å². The third-order valence-corrected chi connectivity index (χ3v) is 7.70. The van der Waals surface area contributed by atoms with Crippen LogP contribution in [0.3, 0.4) is 0 Å². The summed E-state index contributed by atoms with van der Waals surface area (Å²) in [5.41, 5.74) is 3.98. The van der Waals surface area contributed by atoms with E-state index in [4.69, 9.17) is 13.9 Å². The van der Waals surface area contributed by atoms with E-state index in [-0.39, 0.29) is 19.1 Å². The van der Waals surface area contributed by atoms with Crippen LogP contribution in [0.4, 0.5) is 21.0 Å². The molecule has 14 heteroatoms. The SMILES string of the molecule is C[C@H](NC(=O)OCc1ccccc1)C(=O)Nc1ccc(-c2nc(CC(=O)O)oc2-c2ccc(NC(=O)[C@H](C)NC(=O)OCc3ccccc3)cc2)cc1. The largest absolute Gasteiger partial charge is 0.481 e. The first kappa shape index (κ1) is 37.3. The molecule has 0 aliphatic rings. The van der Waals surface area contributed by atoms with Crippen molar-refractivity contribution in [2.45, 2.75) is 45.6 Å². The Morgan fingerprint density at radius 1 is 0.642 bits per heavy atom. The first-order valence-electron chi connectivity index (χ1n) is 16.5. The number of hydrogen-bond acceptors (Lipinski definition) is 9. The van der Waals surface area contributed by atoms with Gasteiger partial charge in [-0.3, -0.25) is 14.4 Å². The second-order valence-corrected chi connectivity index (χ2v) is 11.8.